The van der Waals surface area contributed by atoms with Crippen molar-refractivity contribution in [3.8, 4) is 0 Å². The van der Waals surface area contributed by atoms with E-state index in [1.54, 1.807) is 0 Å². The fraction of sp³-hybridized carbons (Fsp3) is 0.857. The van der Waals surface area contributed by atoms with Crippen LogP contribution < -0.4 is 0 Å². The van der Waals surface area contributed by atoms with Crippen molar-refractivity contribution >= 4 is 0 Å². The van der Waals surface area contributed by atoms with Crippen LogP contribution in [0.3, 0.4) is 0 Å². The molecule has 1 aromatic heterocycles. The second-order valence-electron chi connectivity index (χ2n) is 5.67. The molecule has 0 aliphatic carbocycles. The quantitative estimate of drug-likeness (QED) is 0.717. The summed E-state index contributed by atoms with van der Waals surface area (Å²) in [4.78, 5) is 4.58. The third-order valence-corrected chi connectivity index (χ3v) is 3.18. The Kier molecular flexibility index (Phi) is 5.16. The lowest BCUT2D eigenvalue weighted by molar-refractivity contribution is 0.262. The summed E-state index contributed by atoms with van der Waals surface area (Å²) < 4.78 is 5.47. The van der Waals surface area contributed by atoms with Crippen molar-refractivity contribution in [3.63, 3.8) is 0 Å². The van der Waals surface area contributed by atoms with E-state index >= 15 is 0 Å². The van der Waals surface area contributed by atoms with Crippen LogP contribution in [0.1, 0.15) is 72.0 Å². The monoisotopic (exact) mass is 238 g/mol. The van der Waals surface area contributed by atoms with Gasteiger partial charge in [-0.15, -0.1) is 0 Å². The molecule has 1 heterocycles. The second-order valence-corrected chi connectivity index (χ2v) is 5.67. The van der Waals surface area contributed by atoms with Gasteiger partial charge in [-0.1, -0.05) is 52.6 Å². The number of hydrogen-bond donors (Lipinski definition) is 0. The van der Waals surface area contributed by atoms with Gasteiger partial charge in [0.15, 0.2) is 5.82 Å². The fourth-order valence-corrected chi connectivity index (χ4v) is 2.39. The van der Waals surface area contributed by atoms with Gasteiger partial charge >= 0.3 is 0 Å². The number of rotatable bonds is 7. The van der Waals surface area contributed by atoms with Crippen molar-refractivity contribution < 1.29 is 4.52 Å². The van der Waals surface area contributed by atoms with Crippen LogP contribution in [0.2, 0.25) is 0 Å². The maximum absolute atomic E-state index is 5.47. The summed E-state index contributed by atoms with van der Waals surface area (Å²) in [6, 6.07) is 0. The maximum atomic E-state index is 5.47. The van der Waals surface area contributed by atoms with Gasteiger partial charge in [-0.2, -0.15) is 4.98 Å². The van der Waals surface area contributed by atoms with E-state index in [-0.39, 0.29) is 5.41 Å². The van der Waals surface area contributed by atoms with E-state index in [0.29, 0.717) is 5.92 Å². The third-order valence-electron chi connectivity index (χ3n) is 3.18. The lowest BCUT2D eigenvalue weighted by Gasteiger charge is -2.24. The molecule has 0 amide bonds. The Morgan fingerprint density at radius 3 is 2.24 bits per heavy atom. The van der Waals surface area contributed by atoms with Crippen molar-refractivity contribution in [1.82, 2.24) is 10.1 Å². The standard InChI is InChI=1S/C14H26N2O/c1-6-8-14(5,9-7-2)13-15-12(16-17-13)10-11(3)4/h11H,6-10H2,1-5H3. The lowest BCUT2D eigenvalue weighted by atomic mass is 9.81. The molecule has 0 aromatic carbocycles. The Morgan fingerprint density at radius 1 is 1.18 bits per heavy atom. The van der Waals surface area contributed by atoms with Crippen LogP contribution >= 0.6 is 0 Å². The summed E-state index contributed by atoms with van der Waals surface area (Å²) in [6.07, 6.45) is 5.43. The molecule has 98 valence electrons. The zero-order chi connectivity index (χ0) is 12.9. The van der Waals surface area contributed by atoms with Crippen molar-refractivity contribution in [2.45, 2.75) is 72.1 Å². The van der Waals surface area contributed by atoms with E-state index in [1.165, 1.54) is 0 Å². The zero-order valence-electron chi connectivity index (χ0n) is 11.9. The molecule has 0 aliphatic rings. The minimum absolute atomic E-state index is 0.0612. The summed E-state index contributed by atoms with van der Waals surface area (Å²) in [5, 5.41) is 4.10. The first kappa shape index (κ1) is 14.2. The van der Waals surface area contributed by atoms with Crippen molar-refractivity contribution in [2.75, 3.05) is 0 Å². The highest BCUT2D eigenvalue weighted by atomic mass is 16.5. The van der Waals surface area contributed by atoms with Gasteiger partial charge in [0.05, 0.1) is 0 Å². The molecule has 1 aromatic rings. The SMILES string of the molecule is CCCC(C)(CCC)c1nc(CC(C)C)no1. The number of aromatic nitrogens is 2. The topological polar surface area (TPSA) is 38.9 Å². The molecule has 0 unspecified atom stereocenters. The van der Waals surface area contributed by atoms with Crippen LogP contribution in [0.4, 0.5) is 0 Å². The van der Waals surface area contributed by atoms with Crippen LogP contribution in [-0.4, -0.2) is 10.1 Å². The van der Waals surface area contributed by atoms with Crippen LogP contribution in [0.5, 0.6) is 0 Å². The predicted molar refractivity (Wildman–Crippen MR) is 70.0 cm³/mol. The summed E-state index contributed by atoms with van der Waals surface area (Å²) >= 11 is 0. The largest absolute Gasteiger partial charge is 0.339 e. The molecule has 3 nitrogen and oxygen atoms in total. The van der Waals surface area contributed by atoms with E-state index in [4.69, 9.17) is 4.52 Å². The fourth-order valence-electron chi connectivity index (χ4n) is 2.39. The molecule has 17 heavy (non-hydrogen) atoms. The molecule has 0 atom stereocenters. The molecule has 0 N–H and O–H groups in total. The van der Waals surface area contributed by atoms with E-state index < -0.39 is 0 Å². The van der Waals surface area contributed by atoms with Crippen LogP contribution in [-0.2, 0) is 11.8 Å². The Balaban J connectivity index is 2.83. The molecule has 0 fully saturated rings. The Labute approximate surface area is 105 Å². The van der Waals surface area contributed by atoms with E-state index in [9.17, 15) is 0 Å². The molecule has 3 heteroatoms. The van der Waals surface area contributed by atoms with Gasteiger partial charge in [0.1, 0.15) is 0 Å². The molecule has 0 aliphatic heterocycles. The van der Waals surface area contributed by atoms with Crippen molar-refractivity contribution in [1.29, 1.82) is 0 Å². The van der Waals surface area contributed by atoms with Gasteiger partial charge in [0.2, 0.25) is 5.89 Å². The van der Waals surface area contributed by atoms with Crippen LogP contribution in [0.25, 0.3) is 0 Å². The zero-order valence-corrected chi connectivity index (χ0v) is 11.9. The Hall–Kier alpha value is -0.860. The molecule has 0 saturated carbocycles. The van der Waals surface area contributed by atoms with Gasteiger partial charge in [-0.25, -0.2) is 0 Å². The minimum Gasteiger partial charge on any atom is -0.339 e. The van der Waals surface area contributed by atoms with Gasteiger partial charge in [-0.3, -0.25) is 0 Å². The number of nitrogens with zero attached hydrogens (tertiary/aromatic N) is 2. The predicted octanol–water partition coefficient (Wildman–Crippen LogP) is 4.13. The Morgan fingerprint density at radius 2 is 1.76 bits per heavy atom. The first-order chi connectivity index (χ1) is 8.01. The summed E-state index contributed by atoms with van der Waals surface area (Å²) in [6.45, 7) is 11.0. The average molecular weight is 238 g/mol. The highest BCUT2D eigenvalue weighted by molar-refractivity contribution is 5.03. The van der Waals surface area contributed by atoms with Crippen LogP contribution in [0.15, 0.2) is 4.52 Å². The maximum Gasteiger partial charge on any atom is 0.232 e. The van der Waals surface area contributed by atoms with Crippen molar-refractivity contribution in [2.24, 2.45) is 5.92 Å². The summed E-state index contributed by atoms with van der Waals surface area (Å²) in [5.41, 5.74) is 0.0612. The normalized spacial score (nSPS) is 12.4. The van der Waals surface area contributed by atoms with E-state index in [2.05, 4.69) is 44.8 Å². The minimum atomic E-state index is 0.0612. The second kappa shape index (κ2) is 6.18. The molecular weight excluding hydrogens is 212 g/mol. The molecule has 0 saturated heterocycles. The molecular formula is C14H26N2O. The van der Waals surface area contributed by atoms with E-state index in [1.807, 2.05) is 0 Å². The highest BCUT2D eigenvalue weighted by Gasteiger charge is 2.31. The lowest BCUT2D eigenvalue weighted by Crippen LogP contribution is -2.22. The van der Waals surface area contributed by atoms with E-state index in [0.717, 1.165) is 43.8 Å². The smallest absolute Gasteiger partial charge is 0.232 e. The van der Waals surface area contributed by atoms with Gasteiger partial charge in [0, 0.05) is 11.8 Å². The van der Waals surface area contributed by atoms with Crippen LogP contribution in [0, 0.1) is 5.92 Å². The average Bonchev–Trinajstić information content (AvgIpc) is 2.66. The first-order valence-corrected chi connectivity index (χ1v) is 6.85. The van der Waals surface area contributed by atoms with Gasteiger partial charge < -0.3 is 4.52 Å². The Bertz CT molecular complexity index is 325. The summed E-state index contributed by atoms with van der Waals surface area (Å²) in [7, 11) is 0. The molecule has 0 spiro atoms. The van der Waals surface area contributed by atoms with Gasteiger partial charge in [0.25, 0.3) is 0 Å². The van der Waals surface area contributed by atoms with Crippen molar-refractivity contribution in [3.05, 3.63) is 11.7 Å². The molecule has 0 bridgehead atoms. The molecule has 1 rings (SSSR count). The third kappa shape index (κ3) is 3.83. The highest BCUT2D eigenvalue weighted by Crippen LogP contribution is 2.32. The summed E-state index contributed by atoms with van der Waals surface area (Å²) in [5.74, 6) is 2.26. The first-order valence-electron chi connectivity index (χ1n) is 6.85. The van der Waals surface area contributed by atoms with Gasteiger partial charge in [-0.05, 0) is 18.8 Å². The molecule has 0 radical (unpaired) electrons. The number of hydrogen-bond acceptors (Lipinski definition) is 3.